The van der Waals surface area contributed by atoms with Crippen molar-refractivity contribution in [3.63, 3.8) is 0 Å². The van der Waals surface area contributed by atoms with Gasteiger partial charge in [-0.3, -0.25) is 9.52 Å². The number of carbonyl (C=O) groups is 1. The molecule has 1 aromatic rings. The second-order valence-electron chi connectivity index (χ2n) is 2.24. The smallest absolute Gasteiger partial charge is 0.228 e. The normalized spacial score (nSPS) is 12.1. The van der Waals surface area contributed by atoms with Crippen LogP contribution in [0.3, 0.4) is 0 Å². The molecular weight excluding hydrogens is 174 g/mol. The van der Waals surface area contributed by atoms with E-state index in [4.69, 9.17) is 0 Å². The molecule has 12 heavy (non-hydrogen) atoms. The number of benzene rings is 1. The van der Waals surface area contributed by atoms with Crippen molar-refractivity contribution in [2.75, 3.05) is 0 Å². The minimum atomic E-state index is -1.41. The molecular formula is C8H9NO2S. The second kappa shape index (κ2) is 4.01. The van der Waals surface area contributed by atoms with E-state index in [1.165, 1.54) is 6.92 Å². The van der Waals surface area contributed by atoms with Crippen LogP contribution in [-0.2, 0) is 15.8 Å². The van der Waals surface area contributed by atoms with Crippen LogP contribution in [0.1, 0.15) is 6.92 Å². The fourth-order valence-corrected chi connectivity index (χ4v) is 1.52. The van der Waals surface area contributed by atoms with Crippen LogP contribution < -0.4 is 4.72 Å². The van der Waals surface area contributed by atoms with E-state index >= 15 is 0 Å². The summed E-state index contributed by atoms with van der Waals surface area (Å²) in [4.78, 5) is 11.1. The highest BCUT2D eigenvalue weighted by Gasteiger charge is 2.02. The molecule has 0 bridgehead atoms. The van der Waals surface area contributed by atoms with Gasteiger partial charge < -0.3 is 0 Å². The largest absolute Gasteiger partial charge is 0.274 e. The molecule has 1 rings (SSSR count). The van der Waals surface area contributed by atoms with Crippen molar-refractivity contribution in [2.45, 2.75) is 11.8 Å². The van der Waals surface area contributed by atoms with Gasteiger partial charge in [0.2, 0.25) is 5.91 Å². The molecule has 0 saturated carbocycles. The van der Waals surface area contributed by atoms with Gasteiger partial charge in [0.05, 0.1) is 4.90 Å². The molecule has 0 aliphatic heterocycles. The standard InChI is InChI=1S/C8H9NO2S/c1-7(10)9-12(11)8-5-3-2-4-6-8/h2-6H,1H3,(H,9,10). The van der Waals surface area contributed by atoms with Gasteiger partial charge in [0.1, 0.15) is 0 Å². The first-order chi connectivity index (χ1) is 5.70. The van der Waals surface area contributed by atoms with Gasteiger partial charge in [-0.15, -0.1) is 0 Å². The SMILES string of the molecule is CC(=O)NS(=O)c1ccccc1. The summed E-state index contributed by atoms with van der Waals surface area (Å²) in [6.45, 7) is 1.33. The maximum absolute atomic E-state index is 11.2. The highest BCUT2D eigenvalue weighted by molar-refractivity contribution is 7.83. The average molecular weight is 183 g/mol. The Labute approximate surface area is 73.4 Å². The lowest BCUT2D eigenvalue weighted by atomic mass is 10.4. The number of rotatable bonds is 2. The molecule has 64 valence electrons. The van der Waals surface area contributed by atoms with E-state index in [0.717, 1.165) is 0 Å². The molecule has 0 spiro atoms. The summed E-state index contributed by atoms with van der Waals surface area (Å²) >= 11 is 0. The van der Waals surface area contributed by atoms with Crippen LogP contribution in [-0.4, -0.2) is 10.1 Å². The van der Waals surface area contributed by atoms with Crippen molar-refractivity contribution >= 4 is 16.9 Å². The Bertz CT molecular complexity index is 297. The molecule has 0 heterocycles. The molecule has 4 heteroatoms. The average Bonchev–Trinajstić information content (AvgIpc) is 2.05. The Kier molecular flexibility index (Phi) is 2.99. The molecule has 0 saturated heterocycles. The quantitative estimate of drug-likeness (QED) is 0.738. The molecule has 1 atom stereocenters. The minimum Gasteiger partial charge on any atom is -0.274 e. The van der Waals surface area contributed by atoms with E-state index in [2.05, 4.69) is 4.72 Å². The van der Waals surface area contributed by atoms with Crippen molar-refractivity contribution in [3.8, 4) is 0 Å². The second-order valence-corrected chi connectivity index (χ2v) is 3.45. The van der Waals surface area contributed by atoms with Crippen LogP contribution in [0.5, 0.6) is 0 Å². The van der Waals surface area contributed by atoms with E-state index in [9.17, 15) is 9.00 Å². The highest BCUT2D eigenvalue weighted by atomic mass is 32.2. The molecule has 0 aliphatic carbocycles. The lowest BCUT2D eigenvalue weighted by molar-refractivity contribution is -0.117. The number of amides is 1. The van der Waals surface area contributed by atoms with Crippen LogP contribution in [0.15, 0.2) is 35.2 Å². The Balaban J connectivity index is 2.73. The fourth-order valence-electron chi connectivity index (χ4n) is 0.734. The summed E-state index contributed by atoms with van der Waals surface area (Å²) in [7, 11) is -1.41. The van der Waals surface area contributed by atoms with Gasteiger partial charge in [-0.05, 0) is 12.1 Å². The Hall–Kier alpha value is -1.16. The Morgan fingerprint density at radius 3 is 2.42 bits per heavy atom. The summed E-state index contributed by atoms with van der Waals surface area (Å²) in [5.74, 6) is -0.294. The Morgan fingerprint density at radius 1 is 1.33 bits per heavy atom. The fraction of sp³-hybridized carbons (Fsp3) is 0.125. The molecule has 1 aromatic carbocycles. The van der Waals surface area contributed by atoms with Gasteiger partial charge in [0.25, 0.3) is 0 Å². The van der Waals surface area contributed by atoms with Crippen LogP contribution in [0.25, 0.3) is 0 Å². The van der Waals surface area contributed by atoms with Crippen molar-refractivity contribution in [2.24, 2.45) is 0 Å². The van der Waals surface area contributed by atoms with Crippen LogP contribution in [0.4, 0.5) is 0 Å². The Morgan fingerprint density at radius 2 is 1.92 bits per heavy atom. The van der Waals surface area contributed by atoms with E-state index in [1.54, 1.807) is 24.3 Å². The predicted molar refractivity (Wildman–Crippen MR) is 46.7 cm³/mol. The van der Waals surface area contributed by atoms with Crippen LogP contribution in [0, 0.1) is 0 Å². The summed E-state index contributed by atoms with van der Waals surface area (Å²) in [5.41, 5.74) is 0. The molecule has 1 unspecified atom stereocenters. The molecule has 0 aromatic heterocycles. The highest BCUT2D eigenvalue weighted by Crippen LogP contribution is 2.01. The van der Waals surface area contributed by atoms with Crippen molar-refractivity contribution in [3.05, 3.63) is 30.3 Å². The van der Waals surface area contributed by atoms with Gasteiger partial charge >= 0.3 is 0 Å². The monoisotopic (exact) mass is 183 g/mol. The van der Waals surface area contributed by atoms with E-state index < -0.39 is 11.0 Å². The molecule has 0 fully saturated rings. The van der Waals surface area contributed by atoms with Crippen molar-refractivity contribution in [1.29, 1.82) is 0 Å². The van der Waals surface area contributed by atoms with Crippen LogP contribution >= 0.6 is 0 Å². The van der Waals surface area contributed by atoms with Gasteiger partial charge in [0, 0.05) is 6.92 Å². The minimum absolute atomic E-state index is 0.294. The number of carbonyl (C=O) groups excluding carboxylic acids is 1. The first-order valence-corrected chi connectivity index (χ1v) is 4.59. The molecule has 0 radical (unpaired) electrons. The lowest BCUT2D eigenvalue weighted by Crippen LogP contribution is -2.22. The van der Waals surface area contributed by atoms with Gasteiger partial charge in [-0.2, -0.15) is 0 Å². The summed E-state index contributed by atoms with van der Waals surface area (Å²) in [5, 5.41) is 0. The summed E-state index contributed by atoms with van der Waals surface area (Å²) in [6, 6.07) is 8.77. The molecule has 1 amide bonds. The van der Waals surface area contributed by atoms with Gasteiger partial charge in [-0.25, -0.2) is 4.21 Å². The first-order valence-electron chi connectivity index (χ1n) is 3.44. The lowest BCUT2D eigenvalue weighted by Gasteiger charge is -2.00. The summed E-state index contributed by atoms with van der Waals surface area (Å²) < 4.78 is 13.5. The molecule has 1 N–H and O–H groups in total. The molecule has 3 nitrogen and oxygen atoms in total. The van der Waals surface area contributed by atoms with E-state index in [0.29, 0.717) is 4.90 Å². The zero-order valence-corrected chi connectivity index (χ0v) is 7.43. The van der Waals surface area contributed by atoms with Gasteiger partial charge in [-0.1, -0.05) is 18.2 Å². The topological polar surface area (TPSA) is 46.2 Å². The maximum Gasteiger partial charge on any atom is 0.228 e. The van der Waals surface area contributed by atoms with Crippen molar-refractivity contribution in [1.82, 2.24) is 4.72 Å². The van der Waals surface area contributed by atoms with E-state index in [-0.39, 0.29) is 5.91 Å². The van der Waals surface area contributed by atoms with Crippen molar-refractivity contribution < 1.29 is 9.00 Å². The summed E-state index contributed by atoms with van der Waals surface area (Å²) in [6.07, 6.45) is 0. The number of nitrogens with one attached hydrogen (secondary N) is 1. The zero-order valence-electron chi connectivity index (χ0n) is 6.61. The zero-order chi connectivity index (χ0) is 8.97. The third-order valence-electron chi connectivity index (χ3n) is 1.19. The molecule has 0 aliphatic rings. The predicted octanol–water partition coefficient (Wildman–Crippen LogP) is 0.845. The first kappa shape index (κ1) is 8.93. The maximum atomic E-state index is 11.2. The number of hydrogen-bond donors (Lipinski definition) is 1. The third-order valence-corrected chi connectivity index (χ3v) is 2.37. The third kappa shape index (κ3) is 2.47. The number of hydrogen-bond acceptors (Lipinski definition) is 2. The van der Waals surface area contributed by atoms with Crippen LogP contribution in [0.2, 0.25) is 0 Å². The van der Waals surface area contributed by atoms with E-state index in [1.807, 2.05) is 6.07 Å². The van der Waals surface area contributed by atoms with Gasteiger partial charge in [0.15, 0.2) is 11.0 Å².